The van der Waals surface area contributed by atoms with Crippen LogP contribution in [0.4, 0.5) is 5.82 Å². The highest BCUT2D eigenvalue weighted by Crippen LogP contribution is 2.36. The molecule has 3 aromatic heterocycles. The predicted octanol–water partition coefficient (Wildman–Crippen LogP) is 6.15. The number of carbonyl (C=O) groups excluding carboxylic acids is 1. The molecule has 198 valence electrons. The molecule has 4 heterocycles. The highest BCUT2D eigenvalue weighted by Gasteiger charge is 2.25. The van der Waals surface area contributed by atoms with E-state index < -0.39 is 0 Å². The highest BCUT2D eigenvalue weighted by atomic mass is 35.5. The fraction of sp³-hybridized carbons (Fsp3) is 0.370. The van der Waals surface area contributed by atoms with E-state index in [4.69, 9.17) is 33.4 Å². The van der Waals surface area contributed by atoms with Gasteiger partial charge in [-0.1, -0.05) is 43.1 Å². The second-order valence-electron chi connectivity index (χ2n) is 9.92. The Balaban J connectivity index is 1.31. The molecule has 38 heavy (non-hydrogen) atoms. The first-order valence-corrected chi connectivity index (χ1v) is 13.4. The van der Waals surface area contributed by atoms with Crippen LogP contribution in [0.1, 0.15) is 45.6 Å². The molecule has 0 saturated carbocycles. The van der Waals surface area contributed by atoms with Gasteiger partial charge in [0.15, 0.2) is 0 Å². The Bertz CT molecular complexity index is 1420. The number of pyridine rings is 1. The van der Waals surface area contributed by atoms with E-state index in [0.29, 0.717) is 33.5 Å². The summed E-state index contributed by atoms with van der Waals surface area (Å²) in [5.41, 5.74) is 8.84. The molecule has 1 aromatic carbocycles. The zero-order valence-corrected chi connectivity index (χ0v) is 22.8. The van der Waals surface area contributed by atoms with Crippen molar-refractivity contribution in [3.63, 3.8) is 0 Å². The van der Waals surface area contributed by atoms with Gasteiger partial charge in [0.25, 0.3) is 11.8 Å². The molecular formula is C27H29Cl2N7O2. The lowest BCUT2D eigenvalue weighted by molar-refractivity contribution is -0.132. The monoisotopic (exact) mass is 553 g/mol. The van der Waals surface area contributed by atoms with Crippen LogP contribution in [-0.2, 0) is 4.79 Å². The van der Waals surface area contributed by atoms with E-state index in [1.165, 1.54) is 0 Å². The summed E-state index contributed by atoms with van der Waals surface area (Å²) in [5, 5.41) is 13.7. The molecule has 0 bridgehead atoms. The molecule has 1 amide bonds. The Morgan fingerprint density at radius 1 is 1.11 bits per heavy atom. The lowest BCUT2D eigenvalue weighted by atomic mass is 10.0. The molecule has 11 heteroatoms. The Morgan fingerprint density at radius 3 is 2.53 bits per heavy atom. The fourth-order valence-corrected chi connectivity index (χ4v) is 5.14. The topological polar surface area (TPSA) is 116 Å². The third-order valence-electron chi connectivity index (χ3n) is 6.81. The van der Waals surface area contributed by atoms with E-state index >= 15 is 0 Å². The van der Waals surface area contributed by atoms with Gasteiger partial charge in [-0.3, -0.25) is 9.48 Å². The van der Waals surface area contributed by atoms with E-state index in [-0.39, 0.29) is 29.5 Å². The van der Waals surface area contributed by atoms with Crippen LogP contribution in [-0.4, -0.2) is 48.9 Å². The number of likely N-dealkylation sites (tertiary alicyclic amines) is 1. The third-order valence-corrected chi connectivity index (χ3v) is 7.44. The van der Waals surface area contributed by atoms with Gasteiger partial charge in [-0.2, -0.15) is 5.10 Å². The van der Waals surface area contributed by atoms with Gasteiger partial charge in [-0.25, -0.2) is 4.98 Å². The number of carbonyl (C=O) groups is 1. The maximum Gasteiger partial charge on any atom is 0.251 e. The van der Waals surface area contributed by atoms with Crippen LogP contribution in [0.3, 0.4) is 0 Å². The van der Waals surface area contributed by atoms with E-state index in [9.17, 15) is 4.79 Å². The number of piperidine rings is 1. The number of nitrogens with zero attached hydrogens (tertiary/aromatic N) is 6. The molecule has 1 fully saturated rings. The fourth-order valence-electron chi connectivity index (χ4n) is 4.58. The van der Waals surface area contributed by atoms with Crippen LogP contribution in [0, 0.1) is 5.92 Å². The summed E-state index contributed by atoms with van der Waals surface area (Å²) in [7, 11) is 0. The van der Waals surface area contributed by atoms with Crippen molar-refractivity contribution in [2.75, 3.05) is 18.8 Å². The number of halogens is 2. The SMILES string of the molecule is CC(C)CCC(=O)N1CCC(n2cc(-c3cnc(N)c(-c4nnc(-c5c(Cl)cccc5Cl)o4)c3)cn2)CC1. The zero-order valence-electron chi connectivity index (χ0n) is 21.3. The average Bonchev–Trinajstić information content (AvgIpc) is 3.58. The number of aromatic nitrogens is 5. The molecule has 0 spiro atoms. The zero-order chi connectivity index (χ0) is 26.8. The molecule has 2 N–H and O–H groups in total. The van der Waals surface area contributed by atoms with Crippen LogP contribution in [0.2, 0.25) is 10.0 Å². The van der Waals surface area contributed by atoms with Crippen LogP contribution in [0.5, 0.6) is 0 Å². The molecule has 0 atom stereocenters. The second kappa shape index (κ2) is 11.1. The van der Waals surface area contributed by atoms with Crippen molar-refractivity contribution in [2.24, 2.45) is 5.92 Å². The number of nitrogen functional groups attached to an aromatic ring is 1. The van der Waals surface area contributed by atoms with Crippen molar-refractivity contribution in [3.05, 3.63) is 52.9 Å². The first-order chi connectivity index (χ1) is 18.3. The number of hydrogen-bond acceptors (Lipinski definition) is 7. The second-order valence-corrected chi connectivity index (χ2v) is 10.7. The van der Waals surface area contributed by atoms with E-state index in [1.807, 2.05) is 21.8 Å². The van der Waals surface area contributed by atoms with Crippen molar-refractivity contribution >= 4 is 34.9 Å². The summed E-state index contributed by atoms with van der Waals surface area (Å²) in [5.74, 6) is 1.45. The van der Waals surface area contributed by atoms with Crippen molar-refractivity contribution in [2.45, 2.75) is 45.6 Å². The Morgan fingerprint density at radius 2 is 1.82 bits per heavy atom. The summed E-state index contributed by atoms with van der Waals surface area (Å²) in [4.78, 5) is 18.8. The molecule has 4 aromatic rings. The number of benzene rings is 1. The smallest absolute Gasteiger partial charge is 0.251 e. The molecule has 0 unspecified atom stereocenters. The van der Waals surface area contributed by atoms with Crippen molar-refractivity contribution < 1.29 is 9.21 Å². The van der Waals surface area contributed by atoms with Crippen LogP contribution in [0.25, 0.3) is 34.0 Å². The minimum atomic E-state index is 0.197. The van der Waals surface area contributed by atoms with Gasteiger partial charge in [0.2, 0.25) is 5.91 Å². The lowest BCUT2D eigenvalue weighted by Crippen LogP contribution is -2.39. The minimum absolute atomic E-state index is 0.197. The van der Waals surface area contributed by atoms with Gasteiger partial charge in [-0.15, -0.1) is 10.2 Å². The van der Waals surface area contributed by atoms with Gasteiger partial charge in [-0.05, 0) is 43.4 Å². The largest absolute Gasteiger partial charge is 0.416 e. The van der Waals surface area contributed by atoms with Crippen molar-refractivity contribution in [1.82, 2.24) is 29.9 Å². The predicted molar refractivity (Wildman–Crippen MR) is 148 cm³/mol. The molecule has 0 radical (unpaired) electrons. The Labute approximate surface area is 231 Å². The minimum Gasteiger partial charge on any atom is -0.416 e. The summed E-state index contributed by atoms with van der Waals surface area (Å²) < 4.78 is 7.86. The normalized spacial score (nSPS) is 14.4. The Hall–Kier alpha value is -3.43. The number of nitrogens with two attached hydrogens (primary N) is 1. The summed E-state index contributed by atoms with van der Waals surface area (Å²) >= 11 is 12.6. The van der Waals surface area contributed by atoms with E-state index in [2.05, 4.69) is 34.1 Å². The molecule has 0 aliphatic carbocycles. The maximum atomic E-state index is 12.5. The van der Waals surface area contributed by atoms with E-state index in [1.54, 1.807) is 30.6 Å². The highest BCUT2D eigenvalue weighted by molar-refractivity contribution is 6.38. The summed E-state index contributed by atoms with van der Waals surface area (Å²) in [6.45, 7) is 5.79. The van der Waals surface area contributed by atoms with Gasteiger partial charge in [0.05, 0.1) is 33.4 Å². The van der Waals surface area contributed by atoms with Crippen LogP contribution < -0.4 is 5.73 Å². The molecule has 1 saturated heterocycles. The quantitative estimate of drug-likeness (QED) is 0.291. The summed E-state index contributed by atoms with van der Waals surface area (Å²) in [6.07, 6.45) is 8.79. The molecule has 5 rings (SSSR count). The van der Waals surface area contributed by atoms with Gasteiger partial charge in [0.1, 0.15) is 5.82 Å². The van der Waals surface area contributed by atoms with Crippen LogP contribution >= 0.6 is 23.2 Å². The average molecular weight is 554 g/mol. The standard InChI is InChI=1S/C27H29Cl2N7O2/c1-16(2)6-7-23(37)35-10-8-19(9-11-35)36-15-18(14-32-36)17-12-20(25(30)31-13-17)26-33-34-27(38-26)24-21(28)4-3-5-22(24)29/h3-5,12-16,19H,6-11H2,1-2H3,(H2,30,31). The van der Waals surface area contributed by atoms with Crippen molar-refractivity contribution in [1.29, 1.82) is 0 Å². The lowest BCUT2D eigenvalue weighted by Gasteiger charge is -2.32. The van der Waals surface area contributed by atoms with Gasteiger partial charge in [0, 0.05) is 43.0 Å². The molecular weight excluding hydrogens is 525 g/mol. The number of anilines is 1. The molecule has 1 aliphatic heterocycles. The maximum absolute atomic E-state index is 12.5. The van der Waals surface area contributed by atoms with E-state index in [0.717, 1.165) is 43.5 Å². The molecule has 9 nitrogen and oxygen atoms in total. The number of amides is 1. The molecule has 1 aliphatic rings. The number of hydrogen-bond donors (Lipinski definition) is 1. The van der Waals surface area contributed by atoms with Gasteiger partial charge < -0.3 is 15.1 Å². The van der Waals surface area contributed by atoms with Crippen LogP contribution in [0.15, 0.2) is 47.3 Å². The van der Waals surface area contributed by atoms with Gasteiger partial charge >= 0.3 is 0 Å². The van der Waals surface area contributed by atoms with Crippen molar-refractivity contribution in [3.8, 4) is 34.0 Å². The third kappa shape index (κ3) is 5.54. The first-order valence-electron chi connectivity index (χ1n) is 12.7. The Kier molecular flexibility index (Phi) is 7.67. The summed E-state index contributed by atoms with van der Waals surface area (Å²) in [6, 6.07) is 7.24. The number of rotatable bonds is 7. The first kappa shape index (κ1) is 26.2.